The van der Waals surface area contributed by atoms with Gasteiger partial charge in [0.25, 0.3) is 0 Å². The molecule has 0 spiro atoms. The summed E-state index contributed by atoms with van der Waals surface area (Å²) in [5, 5.41) is 0. The van der Waals surface area contributed by atoms with Gasteiger partial charge in [-0.3, -0.25) is 4.99 Å². The smallest absolute Gasteiger partial charge is 0.0259 e. The maximum atomic E-state index is 4.83. The minimum absolute atomic E-state index is 0.636. The highest BCUT2D eigenvalue weighted by atomic mass is 14.7. The van der Waals surface area contributed by atoms with Gasteiger partial charge in [0, 0.05) is 11.9 Å². The summed E-state index contributed by atoms with van der Waals surface area (Å²) in [5.74, 6) is 1.48. The summed E-state index contributed by atoms with van der Waals surface area (Å²) in [4.78, 5) is 4.83. The van der Waals surface area contributed by atoms with Gasteiger partial charge in [0.05, 0.1) is 0 Å². The maximum Gasteiger partial charge on any atom is 0.0259 e. The second kappa shape index (κ2) is 9.70. The van der Waals surface area contributed by atoms with Crippen LogP contribution in [0.1, 0.15) is 71.3 Å². The first-order valence-electron chi connectivity index (χ1n) is 9.45. The minimum Gasteiger partial charge on any atom is -0.266 e. The number of aryl methyl sites for hydroxylation is 1. The average Bonchev–Trinajstić information content (AvgIpc) is 2.58. The molecule has 0 aliphatic heterocycles. The van der Waals surface area contributed by atoms with Crippen LogP contribution in [0.3, 0.4) is 0 Å². The van der Waals surface area contributed by atoms with E-state index in [1.807, 2.05) is 0 Å². The third kappa shape index (κ3) is 6.33. The number of nitrogens with zero attached hydrogens (tertiary/aromatic N) is 1. The monoisotopic (exact) mass is 311 g/mol. The number of rotatable bonds is 7. The molecule has 1 aliphatic rings. The van der Waals surface area contributed by atoms with E-state index in [9.17, 15) is 0 Å². The van der Waals surface area contributed by atoms with Gasteiger partial charge < -0.3 is 0 Å². The lowest BCUT2D eigenvalue weighted by Gasteiger charge is -2.20. The Bertz CT molecular complexity index is 512. The number of aliphatic imine (C=N–C) groups is 1. The Balaban J connectivity index is 1.83. The van der Waals surface area contributed by atoms with E-state index in [2.05, 4.69) is 57.3 Å². The van der Waals surface area contributed by atoms with Crippen molar-refractivity contribution in [3.63, 3.8) is 0 Å². The van der Waals surface area contributed by atoms with E-state index in [4.69, 9.17) is 4.99 Å². The maximum absolute atomic E-state index is 4.83. The highest BCUT2D eigenvalue weighted by Crippen LogP contribution is 2.28. The van der Waals surface area contributed by atoms with Gasteiger partial charge in [-0.15, -0.1) is 0 Å². The molecule has 126 valence electrons. The van der Waals surface area contributed by atoms with Crippen molar-refractivity contribution in [1.82, 2.24) is 0 Å². The largest absolute Gasteiger partial charge is 0.266 e. The highest BCUT2D eigenvalue weighted by Gasteiger charge is 2.13. The molecule has 0 saturated heterocycles. The van der Waals surface area contributed by atoms with Crippen LogP contribution in [0.25, 0.3) is 0 Å². The van der Waals surface area contributed by atoms with E-state index in [0.29, 0.717) is 5.92 Å². The first-order valence-corrected chi connectivity index (χ1v) is 9.45. The molecule has 2 unspecified atom stereocenters. The quantitative estimate of drug-likeness (QED) is 0.504. The molecule has 2 atom stereocenters. The van der Waals surface area contributed by atoms with Crippen molar-refractivity contribution in [3.05, 3.63) is 47.7 Å². The number of hydrogen-bond acceptors (Lipinski definition) is 1. The molecule has 1 nitrogen and oxygen atoms in total. The van der Waals surface area contributed by atoms with Gasteiger partial charge in [-0.05, 0) is 69.3 Å². The van der Waals surface area contributed by atoms with Crippen molar-refractivity contribution in [2.45, 2.75) is 72.1 Å². The predicted molar refractivity (Wildman–Crippen MR) is 102 cm³/mol. The number of hydrogen-bond donors (Lipinski definition) is 0. The molecule has 2 rings (SSSR count). The van der Waals surface area contributed by atoms with Crippen molar-refractivity contribution in [1.29, 1.82) is 0 Å². The number of allylic oxidation sites excluding steroid dienone is 1. The fourth-order valence-electron chi connectivity index (χ4n) is 3.65. The van der Waals surface area contributed by atoms with Crippen molar-refractivity contribution >= 4 is 5.71 Å². The van der Waals surface area contributed by atoms with Crippen molar-refractivity contribution < 1.29 is 0 Å². The van der Waals surface area contributed by atoms with Crippen LogP contribution in [0.2, 0.25) is 0 Å². The lowest BCUT2D eigenvalue weighted by molar-refractivity contribution is 0.452. The summed E-state index contributed by atoms with van der Waals surface area (Å²) >= 11 is 0. The van der Waals surface area contributed by atoms with E-state index in [0.717, 1.165) is 5.92 Å². The van der Waals surface area contributed by atoms with E-state index in [-0.39, 0.29) is 0 Å². The van der Waals surface area contributed by atoms with Gasteiger partial charge in [0.15, 0.2) is 0 Å². The minimum atomic E-state index is 0.636. The molecule has 0 N–H and O–H groups in total. The summed E-state index contributed by atoms with van der Waals surface area (Å²) < 4.78 is 0. The van der Waals surface area contributed by atoms with Crippen molar-refractivity contribution in [2.75, 3.05) is 0 Å². The topological polar surface area (TPSA) is 12.4 Å². The normalized spacial score (nSPS) is 22.3. The standard InChI is InChI=1S/C22H33N/c1-4-22(15-9-13-20-11-6-5-7-12-20)19(3)23-17-21-14-8-10-18(2)16-21/h5-7,11-12,17-18,22H,4,8-10,13-16H2,1-3H3/b21-17-,23-19?. The Morgan fingerprint density at radius 1 is 1.30 bits per heavy atom. The van der Waals surface area contributed by atoms with Crippen molar-refractivity contribution in [2.24, 2.45) is 16.8 Å². The summed E-state index contributed by atoms with van der Waals surface area (Å²) in [6.07, 6.45) is 12.3. The molecule has 1 heteroatoms. The SMILES string of the molecule is CCC(CCCc1ccccc1)C(C)=N/C=C1/CCCC(C)C1. The molecule has 1 aromatic rings. The van der Waals surface area contributed by atoms with Crippen molar-refractivity contribution in [3.8, 4) is 0 Å². The van der Waals surface area contributed by atoms with Crippen LogP contribution in [0.15, 0.2) is 47.1 Å². The molecule has 0 radical (unpaired) electrons. The zero-order chi connectivity index (χ0) is 16.5. The Hall–Kier alpha value is -1.37. The average molecular weight is 312 g/mol. The van der Waals surface area contributed by atoms with Gasteiger partial charge in [-0.1, -0.05) is 56.2 Å². The van der Waals surface area contributed by atoms with Crippen LogP contribution < -0.4 is 0 Å². The molecule has 1 saturated carbocycles. The lowest BCUT2D eigenvalue weighted by Crippen LogP contribution is -2.11. The van der Waals surface area contributed by atoms with Gasteiger partial charge in [-0.2, -0.15) is 0 Å². The second-order valence-corrected chi connectivity index (χ2v) is 7.24. The fraction of sp³-hybridized carbons (Fsp3) is 0.591. The van der Waals surface area contributed by atoms with Crippen LogP contribution in [0.4, 0.5) is 0 Å². The van der Waals surface area contributed by atoms with Crippen LogP contribution in [-0.4, -0.2) is 5.71 Å². The first-order chi connectivity index (χ1) is 11.2. The van der Waals surface area contributed by atoms with Gasteiger partial charge in [0.1, 0.15) is 0 Å². The van der Waals surface area contributed by atoms with Gasteiger partial charge >= 0.3 is 0 Å². The molecule has 0 amide bonds. The Labute approximate surface area is 142 Å². The van der Waals surface area contributed by atoms with E-state index in [1.165, 1.54) is 62.6 Å². The Kier molecular flexibility index (Phi) is 7.58. The Morgan fingerprint density at radius 2 is 2.09 bits per heavy atom. The van der Waals surface area contributed by atoms with E-state index >= 15 is 0 Å². The third-order valence-corrected chi connectivity index (χ3v) is 5.20. The molecule has 0 bridgehead atoms. The molecule has 1 aliphatic carbocycles. The van der Waals surface area contributed by atoms with Crippen LogP contribution >= 0.6 is 0 Å². The third-order valence-electron chi connectivity index (χ3n) is 5.20. The Morgan fingerprint density at radius 3 is 2.78 bits per heavy atom. The fourth-order valence-corrected chi connectivity index (χ4v) is 3.65. The van der Waals surface area contributed by atoms with Crippen LogP contribution in [0, 0.1) is 11.8 Å². The zero-order valence-electron chi connectivity index (χ0n) is 15.2. The lowest BCUT2D eigenvalue weighted by atomic mass is 9.87. The summed E-state index contributed by atoms with van der Waals surface area (Å²) in [5.41, 5.74) is 4.34. The van der Waals surface area contributed by atoms with Gasteiger partial charge in [-0.25, -0.2) is 0 Å². The summed E-state index contributed by atoms with van der Waals surface area (Å²) in [6, 6.07) is 10.8. The van der Waals surface area contributed by atoms with Gasteiger partial charge in [0.2, 0.25) is 0 Å². The summed E-state index contributed by atoms with van der Waals surface area (Å²) in [6.45, 7) is 6.88. The van der Waals surface area contributed by atoms with E-state index < -0.39 is 0 Å². The second-order valence-electron chi connectivity index (χ2n) is 7.24. The van der Waals surface area contributed by atoms with Crippen LogP contribution in [-0.2, 0) is 6.42 Å². The molecule has 1 fully saturated rings. The molecule has 1 aromatic carbocycles. The number of benzene rings is 1. The highest BCUT2D eigenvalue weighted by molar-refractivity contribution is 5.84. The summed E-state index contributed by atoms with van der Waals surface area (Å²) in [7, 11) is 0. The molecule has 0 aromatic heterocycles. The molecule has 0 heterocycles. The van der Waals surface area contributed by atoms with E-state index in [1.54, 1.807) is 5.57 Å². The zero-order valence-corrected chi connectivity index (χ0v) is 15.2. The van der Waals surface area contributed by atoms with Crippen LogP contribution in [0.5, 0.6) is 0 Å². The predicted octanol–water partition coefficient (Wildman–Crippen LogP) is 6.59. The first kappa shape index (κ1) is 18.0. The molecular formula is C22H33N. The molecular weight excluding hydrogens is 278 g/mol. The molecule has 23 heavy (non-hydrogen) atoms.